The topological polar surface area (TPSA) is 32.3 Å². The molecule has 3 nitrogen and oxygen atoms in total. The first-order valence-electron chi connectivity index (χ1n) is 6.68. The van der Waals surface area contributed by atoms with Gasteiger partial charge in [-0.25, -0.2) is 0 Å². The smallest absolute Gasteiger partial charge is 0.227 e. The Balaban J connectivity index is 1.94. The van der Waals surface area contributed by atoms with E-state index in [1.807, 2.05) is 18.0 Å². The first-order valence-corrected chi connectivity index (χ1v) is 6.68. The van der Waals surface area contributed by atoms with Crippen molar-refractivity contribution in [1.29, 1.82) is 0 Å². The quantitative estimate of drug-likeness (QED) is 0.884. The van der Waals surface area contributed by atoms with E-state index in [-0.39, 0.29) is 11.8 Å². The third-order valence-corrected chi connectivity index (χ3v) is 3.52. The van der Waals surface area contributed by atoms with Crippen LogP contribution in [0.25, 0.3) is 0 Å². The van der Waals surface area contributed by atoms with Gasteiger partial charge < -0.3 is 10.2 Å². The van der Waals surface area contributed by atoms with Gasteiger partial charge in [0.2, 0.25) is 5.91 Å². The van der Waals surface area contributed by atoms with Gasteiger partial charge in [0.15, 0.2) is 0 Å². The molecule has 1 aliphatic heterocycles. The van der Waals surface area contributed by atoms with E-state index in [0.29, 0.717) is 6.54 Å². The molecule has 1 aromatic carbocycles. The molecule has 0 aromatic heterocycles. The number of piperidine rings is 1. The van der Waals surface area contributed by atoms with Gasteiger partial charge in [-0.05, 0) is 31.9 Å². The van der Waals surface area contributed by atoms with Crippen molar-refractivity contribution in [2.75, 3.05) is 20.1 Å². The van der Waals surface area contributed by atoms with Crippen LogP contribution in [0.1, 0.15) is 24.0 Å². The number of rotatable bonds is 3. The summed E-state index contributed by atoms with van der Waals surface area (Å²) in [4.78, 5) is 14.1. The lowest BCUT2D eigenvalue weighted by atomic mass is 9.98. The summed E-state index contributed by atoms with van der Waals surface area (Å²) in [5.74, 6) is 0.428. The normalized spacial score (nSPS) is 19.6. The van der Waals surface area contributed by atoms with Crippen LogP contribution in [0.5, 0.6) is 0 Å². The van der Waals surface area contributed by atoms with Crippen LogP contribution in [-0.4, -0.2) is 30.9 Å². The molecule has 1 N–H and O–H groups in total. The maximum absolute atomic E-state index is 12.3. The van der Waals surface area contributed by atoms with Gasteiger partial charge >= 0.3 is 0 Å². The fraction of sp³-hybridized carbons (Fsp3) is 0.533. The number of nitrogens with zero attached hydrogens (tertiary/aromatic N) is 1. The standard InChI is InChI=1S/C15H22N2O/c1-12-5-3-6-13(9-12)11-17(2)15(18)14-7-4-8-16-10-14/h3,5-6,9,14,16H,4,7-8,10-11H2,1-2H3. The number of carbonyl (C=O) groups is 1. The van der Waals surface area contributed by atoms with Gasteiger partial charge in [0.05, 0.1) is 5.92 Å². The molecule has 0 saturated carbocycles. The molecule has 1 heterocycles. The van der Waals surface area contributed by atoms with E-state index in [4.69, 9.17) is 0 Å². The Labute approximate surface area is 109 Å². The molecule has 0 spiro atoms. The summed E-state index contributed by atoms with van der Waals surface area (Å²) in [7, 11) is 1.90. The van der Waals surface area contributed by atoms with Crippen molar-refractivity contribution < 1.29 is 4.79 Å². The van der Waals surface area contributed by atoms with Crippen molar-refractivity contribution in [1.82, 2.24) is 10.2 Å². The van der Waals surface area contributed by atoms with Gasteiger partial charge in [-0.2, -0.15) is 0 Å². The molecule has 1 aliphatic rings. The van der Waals surface area contributed by atoms with Crippen molar-refractivity contribution in [3.63, 3.8) is 0 Å². The Morgan fingerprint density at radius 2 is 2.33 bits per heavy atom. The fourth-order valence-corrected chi connectivity index (χ4v) is 2.54. The third kappa shape index (κ3) is 3.33. The van der Waals surface area contributed by atoms with Crippen LogP contribution in [0.15, 0.2) is 24.3 Å². The predicted octanol–water partition coefficient (Wildman–Crippen LogP) is 1.95. The van der Waals surface area contributed by atoms with Crippen molar-refractivity contribution in [3.05, 3.63) is 35.4 Å². The van der Waals surface area contributed by atoms with Gasteiger partial charge in [0.1, 0.15) is 0 Å². The summed E-state index contributed by atoms with van der Waals surface area (Å²) in [6.07, 6.45) is 2.12. The van der Waals surface area contributed by atoms with Gasteiger partial charge in [-0.3, -0.25) is 4.79 Å². The minimum atomic E-state index is 0.161. The number of benzene rings is 1. The van der Waals surface area contributed by atoms with E-state index in [9.17, 15) is 4.79 Å². The zero-order valence-electron chi connectivity index (χ0n) is 11.3. The molecule has 1 aromatic rings. The average Bonchev–Trinajstić information content (AvgIpc) is 2.39. The highest BCUT2D eigenvalue weighted by Gasteiger charge is 2.23. The average molecular weight is 246 g/mol. The maximum atomic E-state index is 12.3. The Kier molecular flexibility index (Phi) is 4.37. The van der Waals surface area contributed by atoms with Crippen molar-refractivity contribution in [3.8, 4) is 0 Å². The van der Waals surface area contributed by atoms with Crippen molar-refractivity contribution >= 4 is 5.91 Å². The van der Waals surface area contributed by atoms with Crippen LogP contribution in [0.3, 0.4) is 0 Å². The van der Waals surface area contributed by atoms with Crippen LogP contribution in [0.4, 0.5) is 0 Å². The highest BCUT2D eigenvalue weighted by Crippen LogP contribution is 2.14. The summed E-state index contributed by atoms with van der Waals surface area (Å²) in [6.45, 7) is 4.66. The van der Waals surface area contributed by atoms with Gasteiger partial charge in [0.25, 0.3) is 0 Å². The summed E-state index contributed by atoms with van der Waals surface area (Å²) < 4.78 is 0. The number of carbonyl (C=O) groups excluding carboxylic acids is 1. The van der Waals surface area contributed by atoms with Crippen LogP contribution >= 0.6 is 0 Å². The molecule has 18 heavy (non-hydrogen) atoms. The van der Waals surface area contributed by atoms with Crippen LogP contribution in [-0.2, 0) is 11.3 Å². The second-order valence-corrected chi connectivity index (χ2v) is 5.23. The number of nitrogens with one attached hydrogen (secondary N) is 1. The minimum absolute atomic E-state index is 0.161. The molecule has 98 valence electrons. The first kappa shape index (κ1) is 13.1. The second kappa shape index (κ2) is 6.01. The number of aryl methyl sites for hydroxylation is 1. The SMILES string of the molecule is Cc1cccc(CN(C)C(=O)C2CCCNC2)c1. The van der Waals surface area contributed by atoms with E-state index >= 15 is 0 Å². The van der Waals surface area contributed by atoms with Gasteiger partial charge in [-0.1, -0.05) is 29.8 Å². The number of amides is 1. The van der Waals surface area contributed by atoms with Crippen LogP contribution in [0.2, 0.25) is 0 Å². The molecule has 0 radical (unpaired) electrons. The van der Waals surface area contributed by atoms with Gasteiger partial charge in [-0.15, -0.1) is 0 Å². The zero-order valence-corrected chi connectivity index (χ0v) is 11.3. The summed E-state index contributed by atoms with van der Waals surface area (Å²) in [5, 5.41) is 3.30. The van der Waals surface area contributed by atoms with Crippen LogP contribution in [0, 0.1) is 12.8 Å². The Morgan fingerprint density at radius 1 is 1.50 bits per heavy atom. The third-order valence-electron chi connectivity index (χ3n) is 3.52. The Hall–Kier alpha value is -1.35. The summed E-state index contributed by atoms with van der Waals surface area (Å²) >= 11 is 0. The number of hydrogen-bond acceptors (Lipinski definition) is 2. The Morgan fingerprint density at radius 3 is 3.00 bits per heavy atom. The zero-order chi connectivity index (χ0) is 13.0. The molecule has 0 aliphatic carbocycles. The highest BCUT2D eigenvalue weighted by atomic mass is 16.2. The van der Waals surface area contributed by atoms with E-state index in [1.165, 1.54) is 11.1 Å². The molecule has 1 fully saturated rings. The molecule has 3 heteroatoms. The Bertz CT molecular complexity index is 411. The monoisotopic (exact) mass is 246 g/mol. The minimum Gasteiger partial charge on any atom is -0.341 e. The lowest BCUT2D eigenvalue weighted by Crippen LogP contribution is -2.41. The molecule has 1 amide bonds. The van der Waals surface area contributed by atoms with E-state index in [0.717, 1.165) is 25.9 Å². The van der Waals surface area contributed by atoms with Gasteiger partial charge in [0, 0.05) is 20.1 Å². The lowest BCUT2D eigenvalue weighted by molar-refractivity contribution is -0.135. The number of hydrogen-bond donors (Lipinski definition) is 1. The molecule has 1 saturated heterocycles. The van der Waals surface area contributed by atoms with E-state index in [2.05, 4.69) is 30.4 Å². The molecule has 2 rings (SSSR count). The maximum Gasteiger partial charge on any atom is 0.227 e. The molecule has 1 unspecified atom stereocenters. The molecule has 0 bridgehead atoms. The molecule has 1 atom stereocenters. The van der Waals surface area contributed by atoms with Crippen molar-refractivity contribution in [2.45, 2.75) is 26.3 Å². The van der Waals surface area contributed by atoms with Crippen molar-refractivity contribution in [2.24, 2.45) is 5.92 Å². The predicted molar refractivity (Wildman–Crippen MR) is 73.2 cm³/mol. The van der Waals surface area contributed by atoms with Crippen LogP contribution < -0.4 is 5.32 Å². The van der Waals surface area contributed by atoms with E-state index < -0.39 is 0 Å². The van der Waals surface area contributed by atoms with E-state index in [1.54, 1.807) is 0 Å². The summed E-state index contributed by atoms with van der Waals surface area (Å²) in [6, 6.07) is 8.35. The molecular formula is C15H22N2O. The second-order valence-electron chi connectivity index (χ2n) is 5.23. The lowest BCUT2D eigenvalue weighted by Gasteiger charge is -2.27. The first-order chi connectivity index (χ1) is 8.66. The highest BCUT2D eigenvalue weighted by molar-refractivity contribution is 5.78. The molecular weight excluding hydrogens is 224 g/mol. The fourth-order valence-electron chi connectivity index (χ4n) is 2.54. The summed E-state index contributed by atoms with van der Waals surface area (Å²) in [5.41, 5.74) is 2.45. The largest absolute Gasteiger partial charge is 0.341 e.